The molecule has 136 valence electrons. The van der Waals surface area contributed by atoms with Crippen LogP contribution in [0, 0.1) is 0 Å². The van der Waals surface area contributed by atoms with Crippen LogP contribution < -0.4 is 11.2 Å². The largest absolute Gasteiger partial charge is 0.382 e. The first-order valence-electron chi connectivity index (χ1n) is 8.10. The van der Waals surface area contributed by atoms with Crippen LogP contribution in [0.4, 0.5) is 0 Å². The van der Waals surface area contributed by atoms with Crippen molar-refractivity contribution < 1.29 is 4.74 Å². The van der Waals surface area contributed by atoms with E-state index in [0.717, 1.165) is 22.0 Å². The summed E-state index contributed by atoms with van der Waals surface area (Å²) in [4.78, 5) is 0. The average Bonchev–Trinajstić information content (AvgIpc) is 2.61. The zero-order chi connectivity index (χ0) is 17.4. The van der Waals surface area contributed by atoms with Crippen LogP contribution in [0.25, 0.3) is 0 Å². The first kappa shape index (κ1) is 21.5. The molecule has 6 heteroatoms. The number of amidine groups is 1. The molecule has 0 saturated carbocycles. The average molecular weight is 427 g/mol. The molecule has 2 atom stereocenters. The summed E-state index contributed by atoms with van der Waals surface area (Å²) in [6.07, 6.45) is 0.921. The minimum Gasteiger partial charge on any atom is -0.382 e. The van der Waals surface area contributed by atoms with Gasteiger partial charge >= 0.3 is 0 Å². The van der Waals surface area contributed by atoms with Crippen LogP contribution in [0.5, 0.6) is 0 Å². The number of ether oxygens (including phenoxy) is 1. The Morgan fingerprint density at radius 3 is 2.40 bits per heavy atom. The van der Waals surface area contributed by atoms with Gasteiger partial charge in [0.2, 0.25) is 0 Å². The lowest BCUT2D eigenvalue weighted by molar-refractivity contribution is 0.0263. The van der Waals surface area contributed by atoms with E-state index in [1.807, 2.05) is 42.5 Å². The van der Waals surface area contributed by atoms with Crippen LogP contribution in [0.15, 0.2) is 64.2 Å². The van der Waals surface area contributed by atoms with Crippen LogP contribution in [-0.4, -0.2) is 18.0 Å². The summed E-state index contributed by atoms with van der Waals surface area (Å²) in [5.41, 5.74) is 11.2. The summed E-state index contributed by atoms with van der Waals surface area (Å²) in [6, 6.07) is 18.0. The molecule has 2 aromatic carbocycles. The van der Waals surface area contributed by atoms with E-state index in [9.17, 15) is 0 Å². The maximum atomic E-state index is 6.04. The summed E-state index contributed by atoms with van der Waals surface area (Å²) in [5, 5.41) is 4.32. The molecule has 25 heavy (non-hydrogen) atoms. The smallest absolute Gasteiger partial charge is 0.150 e. The van der Waals surface area contributed by atoms with Gasteiger partial charge in [-0.15, -0.1) is 12.4 Å². The maximum Gasteiger partial charge on any atom is 0.150 e. The molecule has 3 N–H and O–H groups in total. The number of halogens is 2. The quantitative estimate of drug-likeness (QED) is 0.372. The van der Waals surface area contributed by atoms with Crippen LogP contribution in [0.1, 0.15) is 31.4 Å². The van der Waals surface area contributed by atoms with E-state index in [1.54, 1.807) is 0 Å². The molecule has 0 heterocycles. The fraction of sp³-hybridized carbons (Fsp3) is 0.316. The molecule has 0 saturated heterocycles. The molecule has 0 aromatic heterocycles. The highest BCUT2D eigenvalue weighted by Gasteiger charge is 2.15. The van der Waals surface area contributed by atoms with Gasteiger partial charge in [0.05, 0.1) is 18.8 Å². The van der Waals surface area contributed by atoms with Crippen molar-refractivity contribution in [3.8, 4) is 0 Å². The summed E-state index contributed by atoms with van der Waals surface area (Å²) in [5.74, 6) is 0.469. The summed E-state index contributed by atoms with van der Waals surface area (Å²) >= 11 is 3.41. The third-order valence-corrected chi connectivity index (χ3v) is 4.38. The molecule has 4 nitrogen and oxygen atoms in total. The highest BCUT2D eigenvalue weighted by Crippen LogP contribution is 2.11. The molecule has 0 radical (unpaired) electrons. The lowest BCUT2D eigenvalue weighted by Gasteiger charge is -2.23. The maximum absolute atomic E-state index is 6.04. The monoisotopic (exact) mass is 425 g/mol. The Kier molecular flexibility index (Phi) is 9.57. The minimum atomic E-state index is 0. The second kappa shape index (κ2) is 11.1. The van der Waals surface area contributed by atoms with E-state index in [2.05, 4.69) is 52.4 Å². The Hall–Kier alpha value is -1.56. The molecule has 0 spiro atoms. The number of rotatable bonds is 8. The standard InChI is InChI=1S/C19H24BrN3O.ClH/c1-3-18(14(2)24-13-15-7-5-4-6-8-15)22-23-19(21)16-9-11-17(20)12-10-16;/h4-12,14,18,22H,3,13H2,1-2H3,(H2,21,23);1H/t14-,18-;/m0./s1. The molecule has 0 bridgehead atoms. The Balaban J connectivity index is 0.00000312. The zero-order valence-electron chi connectivity index (χ0n) is 14.5. The SMILES string of the molecule is CC[C@H](N/N=C(\N)c1ccc(Br)cc1)[C@H](C)OCc1ccccc1.Cl. The van der Waals surface area contributed by atoms with Crippen molar-refractivity contribution in [1.29, 1.82) is 0 Å². The Morgan fingerprint density at radius 2 is 1.80 bits per heavy atom. The zero-order valence-corrected chi connectivity index (χ0v) is 16.9. The summed E-state index contributed by atoms with van der Waals surface area (Å²) in [7, 11) is 0. The highest BCUT2D eigenvalue weighted by atomic mass is 79.9. The number of benzene rings is 2. The number of nitrogens with one attached hydrogen (secondary N) is 1. The van der Waals surface area contributed by atoms with Crippen LogP contribution in [0.3, 0.4) is 0 Å². The fourth-order valence-electron chi connectivity index (χ4n) is 2.28. The number of nitrogens with two attached hydrogens (primary N) is 1. The van der Waals surface area contributed by atoms with Gasteiger partial charge in [-0.1, -0.05) is 65.3 Å². The van der Waals surface area contributed by atoms with Crippen LogP contribution >= 0.6 is 28.3 Å². The molecular formula is C19H25BrClN3O. The Labute approximate surface area is 164 Å². The lowest BCUT2D eigenvalue weighted by Crippen LogP contribution is -2.37. The number of nitrogens with zero attached hydrogens (tertiary/aromatic N) is 1. The molecule has 0 fully saturated rings. The van der Waals surface area contributed by atoms with Gasteiger partial charge in [-0.3, -0.25) is 0 Å². The van der Waals surface area contributed by atoms with Crippen molar-refractivity contribution in [2.45, 2.75) is 39.0 Å². The molecule has 0 amide bonds. The van der Waals surface area contributed by atoms with Gasteiger partial charge in [0.15, 0.2) is 5.84 Å². The Morgan fingerprint density at radius 1 is 1.16 bits per heavy atom. The van der Waals surface area contributed by atoms with Gasteiger partial charge in [0.25, 0.3) is 0 Å². The topological polar surface area (TPSA) is 59.6 Å². The van der Waals surface area contributed by atoms with Crippen LogP contribution in [0.2, 0.25) is 0 Å². The van der Waals surface area contributed by atoms with Gasteiger partial charge < -0.3 is 15.9 Å². The van der Waals surface area contributed by atoms with E-state index in [1.165, 1.54) is 0 Å². The predicted molar refractivity (Wildman–Crippen MR) is 110 cm³/mol. The molecular weight excluding hydrogens is 402 g/mol. The van der Waals surface area contributed by atoms with Crippen molar-refractivity contribution in [2.75, 3.05) is 0 Å². The van der Waals surface area contributed by atoms with Gasteiger partial charge in [0, 0.05) is 10.0 Å². The third kappa shape index (κ3) is 7.06. The molecule has 2 aromatic rings. The number of hydrogen-bond donors (Lipinski definition) is 2. The molecule has 0 unspecified atom stereocenters. The molecule has 0 aliphatic rings. The normalized spacial score (nSPS) is 13.6. The van der Waals surface area contributed by atoms with E-state index in [0.29, 0.717) is 12.4 Å². The third-order valence-electron chi connectivity index (χ3n) is 3.85. The van der Waals surface area contributed by atoms with Gasteiger partial charge in [-0.25, -0.2) is 0 Å². The van der Waals surface area contributed by atoms with Crippen molar-refractivity contribution in [3.63, 3.8) is 0 Å². The fourth-order valence-corrected chi connectivity index (χ4v) is 2.55. The van der Waals surface area contributed by atoms with E-state index < -0.39 is 0 Å². The predicted octanol–water partition coefficient (Wildman–Crippen LogP) is 4.46. The molecule has 0 aliphatic heterocycles. The van der Waals surface area contributed by atoms with Crippen molar-refractivity contribution in [2.24, 2.45) is 10.8 Å². The summed E-state index contributed by atoms with van der Waals surface area (Å²) in [6.45, 7) is 4.74. The first-order valence-corrected chi connectivity index (χ1v) is 8.89. The lowest BCUT2D eigenvalue weighted by atomic mass is 10.1. The number of hydrazone groups is 1. The van der Waals surface area contributed by atoms with E-state index in [4.69, 9.17) is 10.5 Å². The second-order valence-corrected chi connectivity index (χ2v) is 6.57. The van der Waals surface area contributed by atoms with Crippen molar-refractivity contribution >= 4 is 34.2 Å². The van der Waals surface area contributed by atoms with Crippen molar-refractivity contribution in [1.82, 2.24) is 5.43 Å². The first-order chi connectivity index (χ1) is 11.6. The highest BCUT2D eigenvalue weighted by molar-refractivity contribution is 9.10. The number of hydrogen-bond acceptors (Lipinski definition) is 3. The second-order valence-electron chi connectivity index (χ2n) is 5.65. The van der Waals surface area contributed by atoms with E-state index in [-0.39, 0.29) is 24.6 Å². The van der Waals surface area contributed by atoms with Gasteiger partial charge in [0.1, 0.15) is 0 Å². The summed E-state index contributed by atoms with van der Waals surface area (Å²) < 4.78 is 6.97. The van der Waals surface area contributed by atoms with Crippen LogP contribution in [-0.2, 0) is 11.3 Å². The van der Waals surface area contributed by atoms with Gasteiger partial charge in [-0.05, 0) is 31.0 Å². The Bertz CT molecular complexity index is 649. The molecule has 0 aliphatic carbocycles. The molecule has 2 rings (SSSR count). The van der Waals surface area contributed by atoms with E-state index >= 15 is 0 Å². The van der Waals surface area contributed by atoms with Crippen molar-refractivity contribution in [3.05, 3.63) is 70.2 Å². The van der Waals surface area contributed by atoms with Gasteiger partial charge in [-0.2, -0.15) is 5.10 Å². The minimum absolute atomic E-state index is 0.